The fourth-order valence-electron chi connectivity index (χ4n) is 2.70. The van der Waals surface area contributed by atoms with Gasteiger partial charge < -0.3 is 15.8 Å². The van der Waals surface area contributed by atoms with Crippen LogP contribution in [0.2, 0.25) is 0 Å². The van der Waals surface area contributed by atoms with E-state index >= 15 is 0 Å². The molecule has 21 heavy (non-hydrogen) atoms. The van der Waals surface area contributed by atoms with Gasteiger partial charge in [0.2, 0.25) is 0 Å². The maximum absolute atomic E-state index is 12.2. The second kappa shape index (κ2) is 6.03. The van der Waals surface area contributed by atoms with E-state index in [-0.39, 0.29) is 12.0 Å². The molecule has 1 saturated carbocycles. The molecule has 116 valence electrons. The van der Waals surface area contributed by atoms with Gasteiger partial charge in [0.05, 0.1) is 24.1 Å². The van der Waals surface area contributed by atoms with E-state index in [9.17, 15) is 4.79 Å². The van der Waals surface area contributed by atoms with Crippen LogP contribution < -0.4 is 11.1 Å². The van der Waals surface area contributed by atoms with Crippen molar-refractivity contribution in [3.8, 4) is 0 Å². The van der Waals surface area contributed by atoms with Gasteiger partial charge in [-0.25, -0.2) is 0 Å². The van der Waals surface area contributed by atoms with Crippen molar-refractivity contribution in [2.75, 3.05) is 38.5 Å². The summed E-state index contributed by atoms with van der Waals surface area (Å²) in [4.78, 5) is 14.5. The third-order valence-electron chi connectivity index (χ3n) is 4.19. The Balaban J connectivity index is 1.54. The SMILES string of the molecule is CCN1CCOC(CNC(=O)c2n[nH]c(C3CC3)c2N)C1. The van der Waals surface area contributed by atoms with Crippen LogP contribution in [0.25, 0.3) is 0 Å². The Morgan fingerprint density at radius 1 is 1.57 bits per heavy atom. The molecule has 2 aliphatic rings. The number of aromatic nitrogens is 2. The molecule has 7 nitrogen and oxygen atoms in total. The number of nitrogen functional groups attached to an aromatic ring is 1. The van der Waals surface area contributed by atoms with Crippen LogP contribution in [-0.4, -0.2) is 59.9 Å². The van der Waals surface area contributed by atoms with Gasteiger partial charge in [-0.3, -0.25) is 14.8 Å². The lowest BCUT2D eigenvalue weighted by atomic mass is 10.2. The molecular weight excluding hydrogens is 270 g/mol. The van der Waals surface area contributed by atoms with E-state index in [1.54, 1.807) is 0 Å². The molecule has 0 radical (unpaired) electrons. The summed E-state index contributed by atoms with van der Waals surface area (Å²) in [7, 11) is 0. The second-order valence-electron chi connectivity index (χ2n) is 5.77. The summed E-state index contributed by atoms with van der Waals surface area (Å²) in [5.41, 5.74) is 7.71. The van der Waals surface area contributed by atoms with Gasteiger partial charge in [-0.2, -0.15) is 5.10 Å². The minimum atomic E-state index is -0.229. The summed E-state index contributed by atoms with van der Waals surface area (Å²) in [6.07, 6.45) is 2.28. The van der Waals surface area contributed by atoms with Gasteiger partial charge in [-0.1, -0.05) is 6.92 Å². The lowest BCUT2D eigenvalue weighted by Gasteiger charge is -2.32. The lowest BCUT2D eigenvalue weighted by Crippen LogP contribution is -2.47. The Kier molecular flexibility index (Phi) is 4.12. The van der Waals surface area contributed by atoms with Crippen molar-refractivity contribution in [1.82, 2.24) is 20.4 Å². The third kappa shape index (κ3) is 3.19. The van der Waals surface area contributed by atoms with Crippen LogP contribution in [0.5, 0.6) is 0 Å². The van der Waals surface area contributed by atoms with Gasteiger partial charge >= 0.3 is 0 Å². The van der Waals surface area contributed by atoms with Gasteiger partial charge in [0.25, 0.3) is 5.91 Å². The van der Waals surface area contributed by atoms with Crippen molar-refractivity contribution in [1.29, 1.82) is 0 Å². The number of hydrogen-bond donors (Lipinski definition) is 3. The van der Waals surface area contributed by atoms with E-state index in [2.05, 4.69) is 27.3 Å². The minimum Gasteiger partial charge on any atom is -0.395 e. The van der Waals surface area contributed by atoms with E-state index in [0.29, 0.717) is 30.5 Å². The van der Waals surface area contributed by atoms with Crippen molar-refractivity contribution in [2.45, 2.75) is 31.8 Å². The van der Waals surface area contributed by atoms with Gasteiger partial charge in [-0.05, 0) is 19.4 Å². The van der Waals surface area contributed by atoms with Crippen molar-refractivity contribution in [3.05, 3.63) is 11.4 Å². The molecule has 1 aliphatic heterocycles. The first kappa shape index (κ1) is 14.3. The number of anilines is 1. The maximum atomic E-state index is 12.2. The van der Waals surface area contributed by atoms with E-state index < -0.39 is 0 Å². The molecule has 4 N–H and O–H groups in total. The first-order valence-electron chi connectivity index (χ1n) is 7.65. The Hall–Kier alpha value is -1.60. The van der Waals surface area contributed by atoms with Crippen molar-refractivity contribution in [3.63, 3.8) is 0 Å². The number of morpholine rings is 1. The Morgan fingerprint density at radius 3 is 3.10 bits per heavy atom. The average molecular weight is 293 g/mol. The topological polar surface area (TPSA) is 96.3 Å². The smallest absolute Gasteiger partial charge is 0.274 e. The van der Waals surface area contributed by atoms with Crippen LogP contribution in [0.3, 0.4) is 0 Å². The number of ether oxygens (including phenoxy) is 1. The van der Waals surface area contributed by atoms with Gasteiger partial charge in [0.1, 0.15) is 0 Å². The molecule has 0 aromatic carbocycles. The number of carbonyl (C=O) groups excluding carboxylic acids is 1. The Morgan fingerprint density at radius 2 is 2.38 bits per heavy atom. The number of nitrogens with two attached hydrogens (primary N) is 1. The number of nitrogens with zero attached hydrogens (tertiary/aromatic N) is 2. The molecule has 2 heterocycles. The molecule has 1 atom stereocenters. The van der Waals surface area contributed by atoms with E-state index in [4.69, 9.17) is 10.5 Å². The van der Waals surface area contributed by atoms with Crippen LogP contribution >= 0.6 is 0 Å². The Bertz CT molecular complexity index is 511. The molecular formula is C14H23N5O2. The highest BCUT2D eigenvalue weighted by Gasteiger charge is 2.30. The minimum absolute atomic E-state index is 0.0331. The van der Waals surface area contributed by atoms with Crippen molar-refractivity contribution < 1.29 is 9.53 Å². The zero-order chi connectivity index (χ0) is 14.8. The quantitative estimate of drug-likeness (QED) is 0.726. The first-order valence-corrected chi connectivity index (χ1v) is 7.65. The number of hydrogen-bond acceptors (Lipinski definition) is 5. The molecule has 2 fully saturated rings. The molecule has 0 spiro atoms. The summed E-state index contributed by atoms with van der Waals surface area (Å²) >= 11 is 0. The van der Waals surface area contributed by atoms with Crippen molar-refractivity contribution in [2.24, 2.45) is 0 Å². The number of amides is 1. The van der Waals surface area contributed by atoms with Crippen LogP contribution in [0.15, 0.2) is 0 Å². The summed E-state index contributed by atoms with van der Waals surface area (Å²) in [5.74, 6) is 0.228. The molecule has 1 aromatic rings. The van der Waals surface area contributed by atoms with E-state index in [1.807, 2.05) is 0 Å². The summed E-state index contributed by atoms with van der Waals surface area (Å²) in [5, 5.41) is 9.83. The highest BCUT2D eigenvalue weighted by atomic mass is 16.5. The van der Waals surface area contributed by atoms with Crippen LogP contribution in [0.4, 0.5) is 5.69 Å². The number of likely N-dealkylation sites (N-methyl/N-ethyl adjacent to an activating group) is 1. The number of carbonyl (C=O) groups is 1. The number of nitrogens with one attached hydrogen (secondary N) is 2. The molecule has 1 saturated heterocycles. The fraction of sp³-hybridized carbons (Fsp3) is 0.714. The van der Waals surface area contributed by atoms with Crippen molar-refractivity contribution >= 4 is 11.6 Å². The zero-order valence-electron chi connectivity index (χ0n) is 12.4. The lowest BCUT2D eigenvalue weighted by molar-refractivity contribution is -0.0246. The number of H-pyrrole nitrogens is 1. The zero-order valence-corrected chi connectivity index (χ0v) is 12.4. The summed E-state index contributed by atoms with van der Waals surface area (Å²) in [6, 6.07) is 0. The fourth-order valence-corrected chi connectivity index (χ4v) is 2.70. The predicted molar refractivity (Wildman–Crippen MR) is 79.2 cm³/mol. The molecule has 1 unspecified atom stereocenters. The van der Waals surface area contributed by atoms with Gasteiger partial charge in [0.15, 0.2) is 5.69 Å². The van der Waals surface area contributed by atoms with Gasteiger partial charge in [-0.15, -0.1) is 0 Å². The highest BCUT2D eigenvalue weighted by Crippen LogP contribution is 2.42. The second-order valence-corrected chi connectivity index (χ2v) is 5.77. The molecule has 1 aliphatic carbocycles. The molecule has 7 heteroatoms. The van der Waals surface area contributed by atoms with Crippen LogP contribution in [-0.2, 0) is 4.74 Å². The van der Waals surface area contributed by atoms with E-state index in [1.165, 1.54) is 0 Å². The number of aromatic amines is 1. The molecule has 3 rings (SSSR count). The standard InChI is InChI=1S/C14H23N5O2/c1-2-19-5-6-21-10(8-19)7-16-14(20)13-11(15)12(17-18-13)9-3-4-9/h9-10H,2-8,15H2,1H3,(H,16,20)(H,17,18). The molecule has 1 aromatic heterocycles. The average Bonchev–Trinajstić information content (AvgIpc) is 3.28. The predicted octanol–water partition coefficient (Wildman–Crippen LogP) is 0.320. The third-order valence-corrected chi connectivity index (χ3v) is 4.19. The number of rotatable bonds is 5. The molecule has 1 amide bonds. The summed E-state index contributed by atoms with van der Waals surface area (Å²) in [6.45, 7) is 6.14. The normalized spacial score (nSPS) is 23.2. The maximum Gasteiger partial charge on any atom is 0.274 e. The summed E-state index contributed by atoms with van der Waals surface area (Å²) < 4.78 is 5.66. The highest BCUT2D eigenvalue weighted by molar-refractivity contribution is 5.97. The van der Waals surface area contributed by atoms with Crippen LogP contribution in [0, 0.1) is 0 Å². The Labute approximate surface area is 124 Å². The first-order chi connectivity index (χ1) is 10.2. The molecule has 0 bridgehead atoms. The van der Waals surface area contributed by atoms with Crippen LogP contribution in [0.1, 0.15) is 41.9 Å². The monoisotopic (exact) mass is 293 g/mol. The van der Waals surface area contributed by atoms with E-state index in [0.717, 1.165) is 38.2 Å². The van der Waals surface area contributed by atoms with Gasteiger partial charge in [0, 0.05) is 25.6 Å². The largest absolute Gasteiger partial charge is 0.395 e.